The number of methoxy groups -OCH3 is 4. The minimum Gasteiger partial charge on any atom is -0.493 e. The zero-order valence-electron chi connectivity index (χ0n) is 22.4. The van der Waals surface area contributed by atoms with E-state index in [2.05, 4.69) is 6.07 Å². The van der Waals surface area contributed by atoms with Gasteiger partial charge in [0.25, 0.3) is 0 Å². The standard InChI is InChI=1S/C28H37NO8/c1-7-11-36-27-19(9-8-10-29(31)18(2)30)12-20(13-24(27)32-3)22-16-23(37-17-22)21-14-25(33-4)28(35-6)26(15-21)34-5/h8,10,12-15,22-23,31H,7,9,11,16-17H2,1-6H3. The molecular formula is C28H37NO8. The number of hydrogen-bond donors (Lipinski definition) is 1. The lowest BCUT2D eigenvalue weighted by atomic mass is 9.91. The first kappa shape index (κ1) is 28.1. The molecule has 1 N–H and O–H groups in total. The van der Waals surface area contributed by atoms with E-state index in [0.29, 0.717) is 53.4 Å². The summed E-state index contributed by atoms with van der Waals surface area (Å²) in [7, 11) is 6.38. The van der Waals surface area contributed by atoms with Crippen LogP contribution in [0, 0.1) is 0 Å². The van der Waals surface area contributed by atoms with Crippen LogP contribution in [0.3, 0.4) is 0 Å². The summed E-state index contributed by atoms with van der Waals surface area (Å²) < 4.78 is 34.4. The summed E-state index contributed by atoms with van der Waals surface area (Å²) in [5.74, 6) is 2.65. The Kier molecular flexibility index (Phi) is 10.0. The number of carbonyl (C=O) groups is 1. The van der Waals surface area contributed by atoms with E-state index in [1.807, 2.05) is 25.1 Å². The third-order valence-electron chi connectivity index (χ3n) is 6.26. The van der Waals surface area contributed by atoms with Crippen molar-refractivity contribution in [1.82, 2.24) is 5.06 Å². The molecule has 1 amide bonds. The second-order valence-corrected chi connectivity index (χ2v) is 8.73. The van der Waals surface area contributed by atoms with Gasteiger partial charge in [-0.3, -0.25) is 10.0 Å². The third-order valence-corrected chi connectivity index (χ3v) is 6.26. The molecule has 1 heterocycles. The molecule has 1 saturated heterocycles. The highest BCUT2D eigenvalue weighted by molar-refractivity contribution is 5.72. The number of amides is 1. The maximum Gasteiger partial charge on any atom is 0.246 e. The first-order chi connectivity index (χ1) is 17.9. The Labute approximate surface area is 218 Å². The van der Waals surface area contributed by atoms with Crippen LogP contribution in [0.5, 0.6) is 28.7 Å². The molecule has 1 aliphatic heterocycles. The molecule has 1 fully saturated rings. The van der Waals surface area contributed by atoms with E-state index in [1.165, 1.54) is 13.1 Å². The van der Waals surface area contributed by atoms with E-state index in [9.17, 15) is 10.0 Å². The molecule has 9 heteroatoms. The summed E-state index contributed by atoms with van der Waals surface area (Å²) in [4.78, 5) is 11.3. The van der Waals surface area contributed by atoms with E-state index in [0.717, 1.165) is 29.5 Å². The average Bonchev–Trinajstić information content (AvgIpc) is 3.41. The van der Waals surface area contributed by atoms with E-state index in [4.69, 9.17) is 28.4 Å². The Hall–Kier alpha value is -3.43. The van der Waals surface area contributed by atoms with Gasteiger partial charge in [0.1, 0.15) is 0 Å². The lowest BCUT2D eigenvalue weighted by molar-refractivity contribution is -0.151. The summed E-state index contributed by atoms with van der Waals surface area (Å²) in [6.45, 7) is 4.40. The van der Waals surface area contributed by atoms with Crippen LogP contribution in [-0.4, -0.2) is 57.8 Å². The molecule has 1 aliphatic rings. The summed E-state index contributed by atoms with van der Waals surface area (Å²) in [6.07, 6.45) is 4.94. The van der Waals surface area contributed by atoms with Gasteiger partial charge in [0, 0.05) is 24.6 Å². The normalized spacial score (nSPS) is 17.1. The third kappa shape index (κ3) is 6.67. The van der Waals surface area contributed by atoms with Gasteiger partial charge in [0.05, 0.1) is 47.8 Å². The molecule has 9 nitrogen and oxygen atoms in total. The number of allylic oxidation sites excluding steroid dienone is 1. The second kappa shape index (κ2) is 13.2. The van der Waals surface area contributed by atoms with Crippen LogP contribution in [0.25, 0.3) is 0 Å². The monoisotopic (exact) mass is 515 g/mol. The van der Waals surface area contributed by atoms with Crippen LogP contribution < -0.4 is 23.7 Å². The van der Waals surface area contributed by atoms with Crippen LogP contribution in [0.4, 0.5) is 0 Å². The smallest absolute Gasteiger partial charge is 0.246 e. The first-order valence-corrected chi connectivity index (χ1v) is 12.3. The predicted octanol–water partition coefficient (Wildman–Crippen LogP) is 5.05. The zero-order chi connectivity index (χ0) is 26.9. The van der Waals surface area contributed by atoms with Gasteiger partial charge in [-0.2, -0.15) is 5.06 Å². The van der Waals surface area contributed by atoms with Gasteiger partial charge < -0.3 is 28.4 Å². The van der Waals surface area contributed by atoms with Crippen molar-refractivity contribution in [2.75, 3.05) is 41.7 Å². The Morgan fingerprint density at radius 1 is 1.00 bits per heavy atom. The van der Waals surface area contributed by atoms with Crippen molar-refractivity contribution in [2.45, 2.75) is 45.1 Å². The number of hydrogen-bond acceptors (Lipinski definition) is 8. The SMILES string of the molecule is CCCOc1c(CC=CN(O)C(C)=O)cc(C2COC(c3cc(OC)c(OC)c(OC)c3)C2)cc1OC. The molecule has 0 bridgehead atoms. The van der Waals surface area contributed by atoms with Crippen LogP contribution in [0.2, 0.25) is 0 Å². The number of hydroxylamine groups is 2. The van der Waals surface area contributed by atoms with Crippen LogP contribution >= 0.6 is 0 Å². The fourth-order valence-corrected chi connectivity index (χ4v) is 4.35. The zero-order valence-corrected chi connectivity index (χ0v) is 22.4. The number of rotatable bonds is 12. The molecule has 3 rings (SSSR count). The highest BCUT2D eigenvalue weighted by atomic mass is 16.5. The Morgan fingerprint density at radius 3 is 2.19 bits per heavy atom. The van der Waals surface area contributed by atoms with Crippen molar-refractivity contribution in [3.63, 3.8) is 0 Å². The van der Waals surface area contributed by atoms with Gasteiger partial charge in [-0.25, -0.2) is 0 Å². The maximum atomic E-state index is 11.3. The summed E-state index contributed by atoms with van der Waals surface area (Å²) in [5.41, 5.74) is 2.90. The highest BCUT2D eigenvalue weighted by Crippen LogP contribution is 2.46. The van der Waals surface area contributed by atoms with E-state index < -0.39 is 5.91 Å². The average molecular weight is 516 g/mol. The molecule has 202 valence electrons. The van der Waals surface area contributed by atoms with Gasteiger partial charge in [0.15, 0.2) is 23.0 Å². The van der Waals surface area contributed by atoms with Crippen molar-refractivity contribution in [3.05, 3.63) is 53.2 Å². The van der Waals surface area contributed by atoms with E-state index in [-0.39, 0.29) is 12.0 Å². The molecule has 2 aromatic carbocycles. The van der Waals surface area contributed by atoms with Gasteiger partial charge in [-0.1, -0.05) is 19.1 Å². The predicted molar refractivity (Wildman–Crippen MR) is 138 cm³/mol. The lowest BCUT2D eigenvalue weighted by Gasteiger charge is -2.19. The molecule has 0 spiro atoms. The van der Waals surface area contributed by atoms with Crippen LogP contribution in [-0.2, 0) is 16.0 Å². The number of nitrogens with zero attached hydrogens (tertiary/aromatic N) is 1. The molecule has 0 radical (unpaired) electrons. The minimum atomic E-state index is -0.467. The summed E-state index contributed by atoms with van der Waals surface area (Å²) in [6, 6.07) is 7.92. The molecule has 2 unspecified atom stereocenters. The quantitative estimate of drug-likeness (QED) is 0.310. The molecule has 0 aromatic heterocycles. The van der Waals surface area contributed by atoms with Crippen molar-refractivity contribution in [1.29, 1.82) is 0 Å². The molecular weight excluding hydrogens is 478 g/mol. The highest BCUT2D eigenvalue weighted by Gasteiger charge is 2.31. The van der Waals surface area contributed by atoms with Gasteiger partial charge in [-0.15, -0.1) is 0 Å². The van der Waals surface area contributed by atoms with E-state index in [1.54, 1.807) is 34.5 Å². The summed E-state index contributed by atoms with van der Waals surface area (Å²) >= 11 is 0. The number of ether oxygens (including phenoxy) is 6. The van der Waals surface area contributed by atoms with Crippen LogP contribution in [0.15, 0.2) is 36.5 Å². The van der Waals surface area contributed by atoms with Crippen LogP contribution in [0.1, 0.15) is 55.4 Å². The topological polar surface area (TPSA) is 95.9 Å². The minimum absolute atomic E-state index is 0.118. The maximum absolute atomic E-state index is 11.3. The van der Waals surface area contributed by atoms with Crippen molar-refractivity contribution >= 4 is 5.91 Å². The van der Waals surface area contributed by atoms with Crippen molar-refractivity contribution in [3.8, 4) is 28.7 Å². The fraction of sp³-hybridized carbons (Fsp3) is 0.464. The molecule has 0 aliphatic carbocycles. The van der Waals surface area contributed by atoms with E-state index >= 15 is 0 Å². The molecule has 37 heavy (non-hydrogen) atoms. The van der Waals surface area contributed by atoms with Crippen molar-refractivity contribution in [2.24, 2.45) is 0 Å². The fourth-order valence-electron chi connectivity index (χ4n) is 4.35. The first-order valence-electron chi connectivity index (χ1n) is 12.3. The molecule has 2 atom stereocenters. The lowest BCUT2D eigenvalue weighted by Crippen LogP contribution is -2.17. The second-order valence-electron chi connectivity index (χ2n) is 8.73. The van der Waals surface area contributed by atoms with Gasteiger partial charge in [-0.05, 0) is 48.6 Å². The summed E-state index contributed by atoms with van der Waals surface area (Å²) in [5, 5.41) is 10.2. The largest absolute Gasteiger partial charge is 0.493 e. The number of carbonyl (C=O) groups excluding carboxylic acids is 1. The Bertz CT molecular complexity index is 1070. The van der Waals surface area contributed by atoms with Gasteiger partial charge >= 0.3 is 0 Å². The van der Waals surface area contributed by atoms with Gasteiger partial charge in [0.2, 0.25) is 11.7 Å². The Balaban J connectivity index is 1.90. The molecule has 2 aromatic rings. The molecule has 0 saturated carbocycles. The Morgan fingerprint density at radius 2 is 1.62 bits per heavy atom. The number of benzene rings is 2. The van der Waals surface area contributed by atoms with Crippen molar-refractivity contribution < 1.29 is 38.4 Å².